The van der Waals surface area contributed by atoms with Crippen molar-refractivity contribution in [2.75, 3.05) is 18.9 Å². The van der Waals surface area contributed by atoms with Gasteiger partial charge < -0.3 is 10.2 Å². The first-order chi connectivity index (χ1) is 10.7. The van der Waals surface area contributed by atoms with Gasteiger partial charge in [0.25, 0.3) is 0 Å². The van der Waals surface area contributed by atoms with Crippen molar-refractivity contribution >= 4 is 22.5 Å². The Morgan fingerprint density at radius 1 is 1.36 bits per heavy atom. The Morgan fingerprint density at radius 3 is 3.00 bits per heavy atom. The normalized spacial score (nSPS) is 20.0. The molecule has 22 heavy (non-hydrogen) atoms. The quantitative estimate of drug-likeness (QED) is 0.898. The van der Waals surface area contributed by atoms with Gasteiger partial charge in [0.05, 0.1) is 5.69 Å². The maximum absolute atomic E-state index is 11.9. The van der Waals surface area contributed by atoms with Crippen LogP contribution in [0.15, 0.2) is 12.3 Å². The second-order valence-corrected chi connectivity index (χ2v) is 7.32. The summed E-state index contributed by atoms with van der Waals surface area (Å²) < 4.78 is 0. The minimum atomic E-state index is -0.202. The molecule has 2 N–H and O–H groups in total. The zero-order valence-electron chi connectivity index (χ0n) is 13.1. The summed E-state index contributed by atoms with van der Waals surface area (Å²) in [4.78, 5) is 20.0. The van der Waals surface area contributed by atoms with Gasteiger partial charge in [0.1, 0.15) is 0 Å². The molecule has 0 spiro atoms. The van der Waals surface area contributed by atoms with E-state index in [2.05, 4.69) is 33.6 Å². The molecule has 0 bridgehead atoms. The van der Waals surface area contributed by atoms with Gasteiger partial charge in [-0.15, -0.1) is 11.3 Å². The lowest BCUT2D eigenvalue weighted by Crippen LogP contribution is -2.25. The lowest BCUT2D eigenvalue weighted by Gasteiger charge is -2.20. The van der Waals surface area contributed by atoms with E-state index in [9.17, 15) is 4.79 Å². The first-order valence-corrected chi connectivity index (χ1v) is 8.93. The molecule has 3 rings (SSSR count). The minimum absolute atomic E-state index is 0.202. The van der Waals surface area contributed by atoms with Crippen molar-refractivity contribution in [3.63, 3.8) is 0 Å². The molecule has 0 radical (unpaired) electrons. The van der Waals surface area contributed by atoms with E-state index in [4.69, 9.17) is 0 Å². The van der Waals surface area contributed by atoms with Crippen LogP contribution in [0.25, 0.3) is 0 Å². The SMILES string of the molecule is CN1CCc2nc(NC(=O)N/C=C/C3CCCCC3)sc2C1. The Balaban J connectivity index is 1.48. The van der Waals surface area contributed by atoms with Crippen LogP contribution in [0.5, 0.6) is 0 Å². The summed E-state index contributed by atoms with van der Waals surface area (Å²) in [6.45, 7) is 1.96. The van der Waals surface area contributed by atoms with E-state index in [0.717, 1.165) is 25.2 Å². The number of anilines is 1. The minimum Gasteiger partial charge on any atom is -0.315 e. The van der Waals surface area contributed by atoms with Crippen LogP contribution in [0.2, 0.25) is 0 Å². The Hall–Kier alpha value is -1.40. The first-order valence-electron chi connectivity index (χ1n) is 8.12. The van der Waals surface area contributed by atoms with Crippen LogP contribution in [0.3, 0.4) is 0 Å². The molecule has 2 aliphatic rings. The van der Waals surface area contributed by atoms with Crippen molar-refractivity contribution in [3.8, 4) is 0 Å². The summed E-state index contributed by atoms with van der Waals surface area (Å²) in [6, 6.07) is -0.202. The average molecular weight is 320 g/mol. The fraction of sp³-hybridized carbons (Fsp3) is 0.625. The van der Waals surface area contributed by atoms with Gasteiger partial charge >= 0.3 is 6.03 Å². The second kappa shape index (κ2) is 7.24. The molecule has 0 atom stereocenters. The highest BCUT2D eigenvalue weighted by atomic mass is 32.1. The first kappa shape index (κ1) is 15.5. The van der Waals surface area contributed by atoms with Gasteiger partial charge in [-0.25, -0.2) is 9.78 Å². The number of likely N-dealkylation sites (N-methyl/N-ethyl adjacent to an activating group) is 1. The largest absolute Gasteiger partial charge is 0.324 e. The molecule has 2 amide bonds. The maximum atomic E-state index is 11.9. The third kappa shape index (κ3) is 4.08. The van der Waals surface area contributed by atoms with Gasteiger partial charge in [-0.05, 0) is 25.8 Å². The smallest absolute Gasteiger partial charge is 0.315 e. The van der Waals surface area contributed by atoms with Crippen LogP contribution in [0, 0.1) is 5.92 Å². The third-order valence-corrected chi connectivity index (χ3v) is 5.37. The number of hydrogen-bond acceptors (Lipinski definition) is 4. The molecule has 5 nitrogen and oxygen atoms in total. The Bertz CT molecular complexity index is 548. The molecular formula is C16H24N4OS. The molecule has 1 aromatic heterocycles. The predicted molar refractivity (Wildman–Crippen MR) is 90.0 cm³/mol. The molecule has 1 saturated carbocycles. The summed E-state index contributed by atoms with van der Waals surface area (Å²) in [6.07, 6.45) is 11.3. The number of carbonyl (C=O) groups excluding carboxylic acids is 1. The highest BCUT2D eigenvalue weighted by molar-refractivity contribution is 7.15. The van der Waals surface area contributed by atoms with E-state index in [-0.39, 0.29) is 6.03 Å². The molecule has 1 fully saturated rings. The number of thiazole rings is 1. The molecule has 1 aliphatic heterocycles. The van der Waals surface area contributed by atoms with Crippen molar-refractivity contribution < 1.29 is 4.79 Å². The van der Waals surface area contributed by atoms with E-state index in [0.29, 0.717) is 11.0 Å². The van der Waals surface area contributed by atoms with Crippen LogP contribution in [-0.2, 0) is 13.0 Å². The van der Waals surface area contributed by atoms with Crippen molar-refractivity contribution in [1.29, 1.82) is 0 Å². The number of carbonyl (C=O) groups is 1. The van der Waals surface area contributed by atoms with Gasteiger partial charge in [-0.3, -0.25) is 5.32 Å². The number of fused-ring (bicyclic) bond motifs is 1. The molecular weight excluding hydrogens is 296 g/mol. The predicted octanol–water partition coefficient (Wildman–Crippen LogP) is 3.35. The van der Waals surface area contributed by atoms with E-state index >= 15 is 0 Å². The molecule has 120 valence electrons. The zero-order valence-corrected chi connectivity index (χ0v) is 13.9. The number of urea groups is 1. The van der Waals surface area contributed by atoms with E-state index < -0.39 is 0 Å². The summed E-state index contributed by atoms with van der Waals surface area (Å²) in [5, 5.41) is 6.33. The standard InChI is InChI=1S/C16H24N4OS/c1-20-10-8-13-14(11-20)22-16(18-13)19-15(21)17-9-7-12-5-3-2-4-6-12/h7,9,12H,2-6,8,10-11H2,1H3,(H2,17,18,19,21)/b9-7+. The van der Waals surface area contributed by atoms with Crippen LogP contribution in [0.4, 0.5) is 9.93 Å². The number of nitrogens with one attached hydrogen (secondary N) is 2. The van der Waals surface area contributed by atoms with Crippen molar-refractivity contribution in [3.05, 3.63) is 22.8 Å². The third-order valence-electron chi connectivity index (χ3n) is 4.38. The van der Waals surface area contributed by atoms with E-state index in [1.165, 1.54) is 37.0 Å². The Labute approximate surface area is 135 Å². The summed E-state index contributed by atoms with van der Waals surface area (Å²) in [5.74, 6) is 0.622. The topological polar surface area (TPSA) is 57.3 Å². The molecule has 6 heteroatoms. The van der Waals surface area contributed by atoms with Crippen LogP contribution in [0.1, 0.15) is 42.7 Å². The number of aromatic nitrogens is 1. The molecule has 1 aliphatic carbocycles. The summed E-state index contributed by atoms with van der Waals surface area (Å²) in [5.41, 5.74) is 1.14. The molecule has 1 aromatic rings. The van der Waals surface area contributed by atoms with Crippen LogP contribution in [-0.4, -0.2) is 29.5 Å². The maximum Gasteiger partial charge on any atom is 0.324 e. The van der Waals surface area contributed by atoms with E-state index in [1.807, 2.05) is 0 Å². The Kier molecular flexibility index (Phi) is 5.10. The van der Waals surface area contributed by atoms with Crippen molar-refractivity contribution in [1.82, 2.24) is 15.2 Å². The number of amides is 2. The molecule has 2 heterocycles. The number of nitrogens with zero attached hydrogens (tertiary/aromatic N) is 2. The van der Waals surface area contributed by atoms with Crippen LogP contribution >= 0.6 is 11.3 Å². The lowest BCUT2D eigenvalue weighted by atomic mass is 9.89. The number of rotatable bonds is 3. The highest BCUT2D eigenvalue weighted by Gasteiger charge is 2.18. The number of hydrogen-bond donors (Lipinski definition) is 2. The zero-order chi connectivity index (χ0) is 15.4. The lowest BCUT2D eigenvalue weighted by molar-refractivity contribution is 0.255. The Morgan fingerprint density at radius 2 is 2.18 bits per heavy atom. The van der Waals surface area contributed by atoms with Gasteiger partial charge in [-0.1, -0.05) is 25.3 Å². The highest BCUT2D eigenvalue weighted by Crippen LogP contribution is 2.27. The number of allylic oxidation sites excluding steroid dienone is 1. The van der Waals surface area contributed by atoms with Crippen LogP contribution < -0.4 is 10.6 Å². The molecule has 0 aromatic carbocycles. The van der Waals surface area contributed by atoms with Crippen molar-refractivity contribution in [2.45, 2.75) is 45.1 Å². The summed E-state index contributed by atoms with van der Waals surface area (Å²) in [7, 11) is 2.11. The van der Waals surface area contributed by atoms with Gasteiger partial charge in [0.2, 0.25) is 0 Å². The molecule has 0 saturated heterocycles. The molecule has 0 unspecified atom stereocenters. The monoisotopic (exact) mass is 320 g/mol. The second-order valence-electron chi connectivity index (χ2n) is 6.23. The fourth-order valence-corrected chi connectivity index (χ4v) is 4.18. The van der Waals surface area contributed by atoms with Crippen molar-refractivity contribution in [2.24, 2.45) is 5.92 Å². The average Bonchev–Trinajstić information content (AvgIpc) is 2.89. The van der Waals surface area contributed by atoms with E-state index in [1.54, 1.807) is 17.5 Å². The fourth-order valence-electron chi connectivity index (χ4n) is 3.10. The van der Waals surface area contributed by atoms with Gasteiger partial charge in [0, 0.05) is 30.6 Å². The van der Waals surface area contributed by atoms with Gasteiger partial charge in [0.15, 0.2) is 5.13 Å². The van der Waals surface area contributed by atoms with Gasteiger partial charge in [-0.2, -0.15) is 0 Å². The summed E-state index contributed by atoms with van der Waals surface area (Å²) >= 11 is 1.58.